The predicted octanol–water partition coefficient (Wildman–Crippen LogP) is 2.13. The van der Waals surface area contributed by atoms with Crippen LogP contribution in [0.2, 0.25) is 0 Å². The average molecular weight is 372 g/mol. The number of aliphatic hydroxyl groups is 1. The number of aliphatic hydroxyl groups excluding tert-OH is 1. The van der Waals surface area contributed by atoms with Crippen molar-refractivity contribution in [2.45, 2.75) is 39.0 Å². The van der Waals surface area contributed by atoms with Crippen molar-refractivity contribution in [3.05, 3.63) is 59.2 Å². The first kappa shape index (κ1) is 19.7. The molecule has 0 aliphatic carbocycles. The lowest BCUT2D eigenvalue weighted by Crippen LogP contribution is -3.08. The molecule has 146 valence electrons. The van der Waals surface area contributed by atoms with Crippen molar-refractivity contribution in [1.29, 1.82) is 0 Å². The molecular weight excluding hydrogens is 342 g/mol. The van der Waals surface area contributed by atoms with E-state index in [0.717, 1.165) is 23.6 Å². The van der Waals surface area contributed by atoms with Gasteiger partial charge < -0.3 is 24.2 Å². The molecular formula is C22H30NO4+. The zero-order valence-electron chi connectivity index (χ0n) is 16.4. The van der Waals surface area contributed by atoms with Gasteiger partial charge in [-0.3, -0.25) is 0 Å². The molecule has 5 heteroatoms. The zero-order valence-corrected chi connectivity index (χ0v) is 16.4. The molecule has 0 radical (unpaired) electrons. The second-order valence-corrected chi connectivity index (χ2v) is 7.59. The number of ether oxygens (including phenoxy) is 3. The van der Waals surface area contributed by atoms with E-state index < -0.39 is 6.10 Å². The fourth-order valence-electron chi connectivity index (χ4n) is 3.25. The second kappa shape index (κ2) is 9.22. The molecule has 0 spiro atoms. The van der Waals surface area contributed by atoms with E-state index in [1.165, 1.54) is 16.0 Å². The molecule has 2 N–H and O–H groups in total. The number of fused-ring (bicyclic) bond motifs is 1. The summed E-state index contributed by atoms with van der Waals surface area (Å²) in [4.78, 5) is 1.26. The van der Waals surface area contributed by atoms with Gasteiger partial charge in [-0.15, -0.1) is 0 Å². The molecule has 0 amide bonds. The molecule has 0 saturated heterocycles. The number of hydrogen-bond donors (Lipinski definition) is 2. The molecule has 0 bridgehead atoms. The molecule has 1 aliphatic heterocycles. The minimum Gasteiger partial charge on any atom is -0.454 e. The van der Waals surface area contributed by atoms with Crippen LogP contribution in [-0.2, 0) is 17.9 Å². The van der Waals surface area contributed by atoms with E-state index >= 15 is 0 Å². The quantitative estimate of drug-likeness (QED) is 0.708. The van der Waals surface area contributed by atoms with E-state index in [1.807, 2.05) is 18.2 Å². The van der Waals surface area contributed by atoms with Crippen LogP contribution < -0.4 is 14.4 Å². The van der Waals surface area contributed by atoms with Gasteiger partial charge >= 0.3 is 0 Å². The Morgan fingerprint density at radius 3 is 2.48 bits per heavy atom. The minimum atomic E-state index is -0.492. The van der Waals surface area contributed by atoms with Crippen molar-refractivity contribution >= 4 is 0 Å². The second-order valence-electron chi connectivity index (χ2n) is 7.59. The van der Waals surface area contributed by atoms with Crippen molar-refractivity contribution in [3.63, 3.8) is 0 Å². The first-order valence-electron chi connectivity index (χ1n) is 9.55. The smallest absolute Gasteiger partial charge is 0.231 e. The summed E-state index contributed by atoms with van der Waals surface area (Å²) >= 11 is 0. The van der Waals surface area contributed by atoms with Crippen molar-refractivity contribution in [2.75, 3.05) is 27.0 Å². The first-order valence-corrected chi connectivity index (χ1v) is 9.55. The molecule has 1 aliphatic rings. The summed E-state index contributed by atoms with van der Waals surface area (Å²) in [5, 5.41) is 10.3. The van der Waals surface area contributed by atoms with Gasteiger partial charge in [0.15, 0.2) is 11.5 Å². The molecule has 0 saturated carbocycles. The van der Waals surface area contributed by atoms with Gasteiger partial charge in [0.2, 0.25) is 6.79 Å². The van der Waals surface area contributed by atoms with Gasteiger partial charge in [0.1, 0.15) is 19.2 Å². The third-order valence-electron chi connectivity index (χ3n) is 4.75. The monoisotopic (exact) mass is 372 g/mol. The van der Waals surface area contributed by atoms with E-state index in [4.69, 9.17) is 14.2 Å². The van der Waals surface area contributed by atoms with Crippen molar-refractivity contribution < 1.29 is 24.2 Å². The maximum Gasteiger partial charge on any atom is 0.231 e. The zero-order chi connectivity index (χ0) is 19.2. The molecule has 0 fully saturated rings. The van der Waals surface area contributed by atoms with Gasteiger partial charge in [-0.1, -0.05) is 44.2 Å². The summed E-state index contributed by atoms with van der Waals surface area (Å²) in [6.45, 7) is 6.97. The van der Waals surface area contributed by atoms with E-state index in [2.05, 4.69) is 45.2 Å². The first-order chi connectivity index (χ1) is 13.0. The Balaban J connectivity index is 1.38. The van der Waals surface area contributed by atoms with E-state index in [1.54, 1.807) is 0 Å². The van der Waals surface area contributed by atoms with Crippen LogP contribution in [0.15, 0.2) is 42.5 Å². The maximum atomic E-state index is 10.3. The number of hydrogen-bond acceptors (Lipinski definition) is 4. The molecule has 3 rings (SSSR count). The molecule has 0 aromatic heterocycles. The molecule has 1 heterocycles. The lowest BCUT2D eigenvalue weighted by Gasteiger charge is -2.18. The highest BCUT2D eigenvalue weighted by molar-refractivity contribution is 5.44. The fourth-order valence-corrected chi connectivity index (χ4v) is 3.25. The van der Waals surface area contributed by atoms with Crippen LogP contribution in [-0.4, -0.2) is 38.2 Å². The van der Waals surface area contributed by atoms with E-state index in [-0.39, 0.29) is 6.79 Å². The number of likely N-dealkylation sites (N-methyl/N-ethyl adjacent to an activating group) is 1. The molecule has 2 aromatic rings. The summed E-state index contributed by atoms with van der Waals surface area (Å²) in [5.41, 5.74) is 3.65. The van der Waals surface area contributed by atoms with Crippen molar-refractivity contribution in [2.24, 2.45) is 0 Å². The van der Waals surface area contributed by atoms with Crippen LogP contribution >= 0.6 is 0 Å². The van der Waals surface area contributed by atoms with Gasteiger partial charge in [-0.25, -0.2) is 0 Å². The SMILES string of the molecule is CC(C)c1ccc(C[NH+](C)C[C@H](O)COCc2ccc3c(c2)OCO3)cc1. The number of quaternary nitrogens is 1. The number of nitrogens with one attached hydrogen (secondary N) is 1. The minimum absolute atomic E-state index is 0.271. The summed E-state index contributed by atoms with van der Waals surface area (Å²) < 4.78 is 16.3. The number of benzene rings is 2. The third kappa shape index (κ3) is 5.70. The Labute approximate surface area is 161 Å². The maximum absolute atomic E-state index is 10.3. The van der Waals surface area contributed by atoms with Crippen LogP contribution in [0, 0.1) is 0 Å². The van der Waals surface area contributed by atoms with E-state index in [0.29, 0.717) is 25.7 Å². The predicted molar refractivity (Wildman–Crippen MR) is 104 cm³/mol. The van der Waals surface area contributed by atoms with Crippen LogP contribution in [0.3, 0.4) is 0 Å². The molecule has 2 atom stereocenters. The highest BCUT2D eigenvalue weighted by Gasteiger charge is 2.15. The Bertz CT molecular complexity index is 730. The Morgan fingerprint density at radius 2 is 1.74 bits per heavy atom. The Morgan fingerprint density at radius 1 is 1.04 bits per heavy atom. The van der Waals surface area contributed by atoms with Crippen LogP contribution in [0.4, 0.5) is 0 Å². The van der Waals surface area contributed by atoms with Crippen molar-refractivity contribution in [1.82, 2.24) is 0 Å². The molecule has 27 heavy (non-hydrogen) atoms. The normalized spacial score (nSPS) is 15.1. The van der Waals surface area contributed by atoms with Crippen LogP contribution in [0.25, 0.3) is 0 Å². The molecule has 2 aromatic carbocycles. The van der Waals surface area contributed by atoms with Crippen molar-refractivity contribution in [3.8, 4) is 11.5 Å². The Kier molecular flexibility index (Phi) is 6.72. The van der Waals surface area contributed by atoms with E-state index in [9.17, 15) is 5.11 Å². The number of rotatable bonds is 9. The topological polar surface area (TPSA) is 52.4 Å². The highest BCUT2D eigenvalue weighted by Crippen LogP contribution is 2.32. The summed E-state index contributed by atoms with van der Waals surface area (Å²) in [5.74, 6) is 2.07. The lowest BCUT2D eigenvalue weighted by atomic mass is 10.0. The highest BCUT2D eigenvalue weighted by atomic mass is 16.7. The van der Waals surface area contributed by atoms with Crippen LogP contribution in [0.1, 0.15) is 36.5 Å². The van der Waals surface area contributed by atoms with Gasteiger partial charge in [0.25, 0.3) is 0 Å². The fraction of sp³-hybridized carbons (Fsp3) is 0.455. The largest absolute Gasteiger partial charge is 0.454 e. The summed E-state index contributed by atoms with van der Waals surface area (Å²) in [6, 6.07) is 14.5. The lowest BCUT2D eigenvalue weighted by molar-refractivity contribution is -0.897. The average Bonchev–Trinajstić information content (AvgIpc) is 3.09. The summed E-state index contributed by atoms with van der Waals surface area (Å²) in [6.07, 6.45) is -0.492. The van der Waals surface area contributed by atoms with Crippen LogP contribution in [0.5, 0.6) is 11.5 Å². The van der Waals surface area contributed by atoms with Gasteiger partial charge in [-0.2, -0.15) is 0 Å². The van der Waals surface area contributed by atoms with Gasteiger partial charge in [0, 0.05) is 5.56 Å². The standard InChI is InChI=1S/C22H29NO4/c1-16(2)19-7-4-17(5-8-19)11-23(3)12-20(24)14-25-13-18-6-9-21-22(10-18)27-15-26-21/h4-10,16,20,24H,11-15H2,1-3H3/p+1/t20-/m0/s1. The van der Waals surface area contributed by atoms with Gasteiger partial charge in [-0.05, 0) is 29.2 Å². The molecule has 1 unspecified atom stereocenters. The third-order valence-corrected chi connectivity index (χ3v) is 4.75. The molecule has 5 nitrogen and oxygen atoms in total. The van der Waals surface area contributed by atoms with Gasteiger partial charge in [0.05, 0.1) is 20.3 Å². The Hall–Kier alpha value is -2.08. The summed E-state index contributed by atoms with van der Waals surface area (Å²) in [7, 11) is 2.09.